The van der Waals surface area contributed by atoms with Crippen LogP contribution in [-0.4, -0.2) is 41.6 Å². The molecule has 1 saturated heterocycles. The zero-order valence-electron chi connectivity index (χ0n) is 12.8. The van der Waals surface area contributed by atoms with E-state index in [0.717, 1.165) is 32.1 Å². The Morgan fingerprint density at radius 2 is 1.85 bits per heavy atom. The molecule has 0 aromatic carbocycles. The molecule has 0 spiro atoms. The summed E-state index contributed by atoms with van der Waals surface area (Å²) in [5.74, 6) is 0.360. The van der Waals surface area contributed by atoms with E-state index >= 15 is 0 Å². The van der Waals surface area contributed by atoms with Crippen LogP contribution < -0.4 is 5.32 Å². The monoisotopic (exact) mass is 282 g/mol. The van der Waals surface area contributed by atoms with Crippen LogP contribution in [-0.2, 0) is 9.53 Å². The van der Waals surface area contributed by atoms with Crippen molar-refractivity contribution in [1.82, 2.24) is 10.2 Å². The van der Waals surface area contributed by atoms with E-state index in [1.165, 1.54) is 0 Å². The maximum absolute atomic E-state index is 12.0. The van der Waals surface area contributed by atoms with Crippen molar-refractivity contribution in [3.63, 3.8) is 0 Å². The first-order valence-electron chi connectivity index (χ1n) is 7.63. The molecule has 1 aliphatic carbocycles. The van der Waals surface area contributed by atoms with E-state index in [1.54, 1.807) is 4.90 Å². The molecule has 0 unspecified atom stereocenters. The van der Waals surface area contributed by atoms with Gasteiger partial charge in [-0.05, 0) is 46.5 Å². The summed E-state index contributed by atoms with van der Waals surface area (Å²) >= 11 is 0. The average Bonchev–Trinajstić information content (AvgIpc) is 2.24. The number of hydrogen-bond donors (Lipinski definition) is 1. The van der Waals surface area contributed by atoms with Crippen molar-refractivity contribution in [2.75, 3.05) is 13.1 Å². The first-order chi connectivity index (χ1) is 9.35. The van der Waals surface area contributed by atoms with Gasteiger partial charge < -0.3 is 15.0 Å². The molecule has 1 aliphatic heterocycles. The summed E-state index contributed by atoms with van der Waals surface area (Å²) in [5.41, 5.74) is -0.473. The van der Waals surface area contributed by atoms with Gasteiger partial charge in [-0.2, -0.15) is 0 Å². The molecule has 2 amide bonds. The van der Waals surface area contributed by atoms with Crippen LogP contribution in [0.1, 0.15) is 52.9 Å². The second kappa shape index (κ2) is 6.02. The number of piperidine rings is 1. The van der Waals surface area contributed by atoms with Gasteiger partial charge in [0.2, 0.25) is 5.91 Å². The van der Waals surface area contributed by atoms with Crippen LogP contribution in [0, 0.1) is 5.92 Å². The predicted octanol–water partition coefficient (Wildman–Crippen LogP) is 2.30. The third kappa shape index (κ3) is 4.12. The molecular weight excluding hydrogens is 256 g/mol. The minimum atomic E-state index is -0.473. The summed E-state index contributed by atoms with van der Waals surface area (Å²) < 4.78 is 5.38. The quantitative estimate of drug-likeness (QED) is 0.845. The lowest BCUT2D eigenvalue weighted by atomic mass is 9.84. The standard InChI is InChI=1S/C15H26N2O3/c1-15(2,3)20-14(19)17-9-5-8-12(10-17)16-13(18)11-6-4-7-11/h11-12H,4-10H2,1-3H3,(H,16,18)/t12-/m1/s1. The maximum atomic E-state index is 12.0. The predicted molar refractivity (Wildman–Crippen MR) is 76.3 cm³/mol. The van der Waals surface area contributed by atoms with Gasteiger partial charge in [-0.25, -0.2) is 4.79 Å². The molecule has 5 heteroatoms. The lowest BCUT2D eigenvalue weighted by Crippen LogP contribution is -2.52. The summed E-state index contributed by atoms with van der Waals surface area (Å²) in [5, 5.41) is 3.08. The van der Waals surface area contributed by atoms with E-state index in [4.69, 9.17) is 4.74 Å². The summed E-state index contributed by atoms with van der Waals surface area (Å²) in [6.45, 7) is 6.87. The fourth-order valence-corrected chi connectivity index (χ4v) is 2.58. The van der Waals surface area contributed by atoms with Crippen LogP contribution in [0.2, 0.25) is 0 Å². The summed E-state index contributed by atoms with van der Waals surface area (Å²) in [6, 6.07) is 0.0735. The third-order valence-corrected chi connectivity index (χ3v) is 3.90. The van der Waals surface area contributed by atoms with Gasteiger partial charge in [-0.3, -0.25) is 4.79 Å². The van der Waals surface area contributed by atoms with Crippen molar-refractivity contribution >= 4 is 12.0 Å². The van der Waals surface area contributed by atoms with Gasteiger partial charge >= 0.3 is 6.09 Å². The highest BCUT2D eigenvalue weighted by Gasteiger charge is 2.31. The Kier molecular flexibility index (Phi) is 4.55. The number of likely N-dealkylation sites (tertiary alicyclic amines) is 1. The molecular formula is C15H26N2O3. The first-order valence-corrected chi connectivity index (χ1v) is 7.63. The normalized spacial score (nSPS) is 23.9. The Morgan fingerprint density at radius 3 is 2.40 bits per heavy atom. The fourth-order valence-electron chi connectivity index (χ4n) is 2.58. The van der Waals surface area contributed by atoms with Crippen LogP contribution in [0.3, 0.4) is 0 Å². The second-order valence-electron chi connectivity index (χ2n) is 6.90. The molecule has 0 radical (unpaired) electrons. The number of rotatable bonds is 2. The number of hydrogen-bond acceptors (Lipinski definition) is 3. The van der Waals surface area contributed by atoms with E-state index in [9.17, 15) is 9.59 Å². The highest BCUT2D eigenvalue weighted by molar-refractivity contribution is 5.79. The van der Waals surface area contributed by atoms with Crippen LogP contribution in [0.4, 0.5) is 4.79 Å². The second-order valence-corrected chi connectivity index (χ2v) is 6.90. The zero-order chi connectivity index (χ0) is 14.8. The largest absolute Gasteiger partial charge is 0.444 e. The van der Waals surface area contributed by atoms with Gasteiger partial charge in [0.05, 0.1) is 0 Å². The van der Waals surface area contributed by atoms with Gasteiger partial charge in [0, 0.05) is 25.0 Å². The van der Waals surface area contributed by atoms with E-state index in [-0.39, 0.29) is 24.0 Å². The molecule has 114 valence electrons. The fraction of sp³-hybridized carbons (Fsp3) is 0.867. The zero-order valence-corrected chi connectivity index (χ0v) is 12.8. The van der Waals surface area contributed by atoms with Crippen LogP contribution in [0.5, 0.6) is 0 Å². The van der Waals surface area contributed by atoms with Gasteiger partial charge in [-0.1, -0.05) is 6.42 Å². The van der Waals surface area contributed by atoms with Crippen LogP contribution in [0.15, 0.2) is 0 Å². The maximum Gasteiger partial charge on any atom is 0.410 e. The third-order valence-electron chi connectivity index (χ3n) is 3.90. The SMILES string of the molecule is CC(C)(C)OC(=O)N1CCC[C@@H](NC(=O)C2CCC2)C1. The summed E-state index contributed by atoms with van der Waals surface area (Å²) in [4.78, 5) is 25.7. The number of nitrogens with one attached hydrogen (secondary N) is 1. The van der Waals surface area contributed by atoms with Gasteiger partial charge in [-0.15, -0.1) is 0 Å². The lowest BCUT2D eigenvalue weighted by Gasteiger charge is -2.35. The lowest BCUT2D eigenvalue weighted by molar-refractivity contribution is -0.128. The van der Waals surface area contributed by atoms with Crippen molar-refractivity contribution in [2.24, 2.45) is 5.92 Å². The van der Waals surface area contributed by atoms with Crippen molar-refractivity contribution in [3.8, 4) is 0 Å². The van der Waals surface area contributed by atoms with Crippen LogP contribution >= 0.6 is 0 Å². The smallest absolute Gasteiger partial charge is 0.410 e. The van der Waals surface area contributed by atoms with Gasteiger partial charge in [0.15, 0.2) is 0 Å². The van der Waals surface area contributed by atoms with Crippen molar-refractivity contribution in [3.05, 3.63) is 0 Å². The Bertz CT molecular complexity index is 372. The summed E-state index contributed by atoms with van der Waals surface area (Å²) in [6.07, 6.45) is 4.75. The van der Waals surface area contributed by atoms with E-state index in [1.807, 2.05) is 20.8 Å². The number of amides is 2. The number of ether oxygens (including phenoxy) is 1. The highest BCUT2D eigenvalue weighted by Crippen LogP contribution is 2.26. The molecule has 1 saturated carbocycles. The molecule has 1 atom stereocenters. The molecule has 20 heavy (non-hydrogen) atoms. The van der Waals surface area contributed by atoms with E-state index in [2.05, 4.69) is 5.32 Å². The van der Waals surface area contributed by atoms with E-state index in [0.29, 0.717) is 13.1 Å². The van der Waals surface area contributed by atoms with Crippen LogP contribution in [0.25, 0.3) is 0 Å². The molecule has 2 rings (SSSR count). The number of carbonyl (C=O) groups excluding carboxylic acids is 2. The minimum absolute atomic E-state index is 0.0735. The number of nitrogens with zero attached hydrogens (tertiary/aromatic N) is 1. The summed E-state index contributed by atoms with van der Waals surface area (Å²) in [7, 11) is 0. The van der Waals surface area contributed by atoms with Crippen molar-refractivity contribution in [2.45, 2.75) is 64.5 Å². The molecule has 5 nitrogen and oxygen atoms in total. The van der Waals surface area contributed by atoms with Gasteiger partial charge in [0.25, 0.3) is 0 Å². The molecule has 1 heterocycles. The average molecular weight is 282 g/mol. The molecule has 1 N–H and O–H groups in total. The minimum Gasteiger partial charge on any atom is -0.444 e. The topological polar surface area (TPSA) is 58.6 Å². The first kappa shape index (κ1) is 15.1. The number of carbonyl (C=O) groups is 2. The van der Waals surface area contributed by atoms with Crippen molar-refractivity contribution < 1.29 is 14.3 Å². The highest BCUT2D eigenvalue weighted by atomic mass is 16.6. The van der Waals surface area contributed by atoms with Crippen molar-refractivity contribution in [1.29, 1.82) is 0 Å². The Hall–Kier alpha value is -1.26. The Balaban J connectivity index is 1.81. The van der Waals surface area contributed by atoms with Gasteiger partial charge in [0.1, 0.15) is 5.60 Å². The van der Waals surface area contributed by atoms with E-state index < -0.39 is 5.60 Å². The molecule has 2 fully saturated rings. The molecule has 0 aromatic rings. The Morgan fingerprint density at radius 1 is 1.15 bits per heavy atom. The molecule has 0 bridgehead atoms. The molecule has 0 aromatic heterocycles. The molecule has 2 aliphatic rings. The Labute approximate surface area is 121 Å².